The van der Waals surface area contributed by atoms with Crippen molar-refractivity contribution in [2.45, 2.75) is 12.5 Å². The molecule has 2 N–H and O–H groups in total. The van der Waals surface area contributed by atoms with Gasteiger partial charge < -0.3 is 10.4 Å². The predicted octanol–water partition coefficient (Wildman–Crippen LogP) is 1.67. The Morgan fingerprint density at radius 3 is 2.90 bits per heavy atom. The molecular weight excluding hydrogens is 328 g/mol. The van der Waals surface area contributed by atoms with Gasteiger partial charge in [-0.25, -0.2) is 9.78 Å². The number of likely N-dealkylation sites (tertiary alicyclic amines) is 1. The van der Waals surface area contributed by atoms with E-state index in [1.165, 1.54) is 0 Å². The number of nitrogens with one attached hydrogen (secondary N) is 1. The van der Waals surface area contributed by atoms with Gasteiger partial charge in [-0.05, 0) is 34.5 Å². The molecule has 0 aliphatic carbocycles. The zero-order valence-electron chi connectivity index (χ0n) is 10.3. The summed E-state index contributed by atoms with van der Waals surface area (Å²) in [5, 5.41) is 20.5. The summed E-state index contributed by atoms with van der Waals surface area (Å²) in [5.41, 5.74) is 0. The molecule has 2 atom stereocenters. The van der Waals surface area contributed by atoms with Crippen LogP contribution in [0.15, 0.2) is 22.8 Å². The second-order valence-corrected chi connectivity index (χ2v) is 5.16. The number of carboxylic acid groups (broad SMARTS) is 1. The number of aromatic nitrogens is 1. The van der Waals surface area contributed by atoms with Crippen LogP contribution in [0.2, 0.25) is 0 Å². The molecule has 2 heterocycles. The summed E-state index contributed by atoms with van der Waals surface area (Å²) in [5.74, 6) is -0.608. The Bertz CT molecular complexity index is 586. The number of hydrogen-bond acceptors (Lipinski definition) is 4. The van der Waals surface area contributed by atoms with E-state index in [1.54, 1.807) is 18.2 Å². The SMILES string of the molecule is N#CC1CC(C(=O)Nc2cccc(Br)n2)N(C(=O)O)C1. The maximum atomic E-state index is 12.1. The second kappa shape index (κ2) is 5.88. The van der Waals surface area contributed by atoms with Crippen LogP contribution in [0, 0.1) is 17.2 Å². The number of carbonyl (C=O) groups is 2. The fraction of sp³-hybridized carbons (Fsp3) is 0.333. The molecule has 1 aromatic heterocycles. The molecule has 0 radical (unpaired) electrons. The Balaban J connectivity index is 2.11. The highest BCUT2D eigenvalue weighted by Crippen LogP contribution is 2.24. The molecule has 104 valence electrons. The van der Waals surface area contributed by atoms with Crippen molar-refractivity contribution >= 4 is 33.7 Å². The van der Waals surface area contributed by atoms with Crippen LogP contribution in [0.3, 0.4) is 0 Å². The first-order chi connectivity index (χ1) is 9.51. The minimum absolute atomic E-state index is 0.0514. The van der Waals surface area contributed by atoms with Gasteiger partial charge in [-0.2, -0.15) is 5.26 Å². The van der Waals surface area contributed by atoms with Crippen LogP contribution in [0.1, 0.15) is 6.42 Å². The smallest absolute Gasteiger partial charge is 0.408 e. The summed E-state index contributed by atoms with van der Waals surface area (Å²) in [6.45, 7) is 0.0514. The van der Waals surface area contributed by atoms with Crippen LogP contribution in [-0.4, -0.2) is 39.6 Å². The lowest BCUT2D eigenvalue weighted by Crippen LogP contribution is -2.42. The lowest BCUT2D eigenvalue weighted by Gasteiger charge is -2.20. The van der Waals surface area contributed by atoms with E-state index in [0.29, 0.717) is 10.4 Å². The molecule has 7 nitrogen and oxygen atoms in total. The molecule has 0 saturated carbocycles. The number of halogens is 1. The molecule has 2 unspecified atom stereocenters. The van der Waals surface area contributed by atoms with Crippen molar-refractivity contribution in [2.24, 2.45) is 5.92 Å². The number of anilines is 1. The van der Waals surface area contributed by atoms with E-state index in [2.05, 4.69) is 26.2 Å². The Labute approximate surface area is 123 Å². The molecule has 0 bridgehead atoms. The maximum Gasteiger partial charge on any atom is 0.408 e. The summed E-state index contributed by atoms with van der Waals surface area (Å²) in [6, 6.07) is 6.15. The van der Waals surface area contributed by atoms with E-state index in [9.17, 15) is 9.59 Å². The Hall–Kier alpha value is -2.14. The number of pyridine rings is 1. The largest absolute Gasteiger partial charge is 0.465 e. The summed E-state index contributed by atoms with van der Waals surface area (Å²) < 4.78 is 0.562. The van der Waals surface area contributed by atoms with Crippen LogP contribution in [0.5, 0.6) is 0 Å². The molecule has 0 spiro atoms. The zero-order valence-corrected chi connectivity index (χ0v) is 11.9. The highest BCUT2D eigenvalue weighted by Gasteiger charge is 2.39. The lowest BCUT2D eigenvalue weighted by atomic mass is 10.1. The molecule has 8 heteroatoms. The third kappa shape index (κ3) is 3.05. The molecule has 1 aromatic rings. The molecule has 2 amide bonds. The van der Waals surface area contributed by atoms with E-state index in [0.717, 1.165) is 4.90 Å². The van der Waals surface area contributed by atoms with Gasteiger partial charge in [0.15, 0.2) is 0 Å². The van der Waals surface area contributed by atoms with E-state index in [4.69, 9.17) is 10.4 Å². The first kappa shape index (κ1) is 14.3. The standard InChI is InChI=1S/C12H11BrN4O3/c13-9-2-1-3-10(15-9)16-11(18)8-4-7(5-14)6-17(8)12(19)20/h1-3,7-8H,4,6H2,(H,19,20)(H,15,16,18). The van der Waals surface area contributed by atoms with Crippen molar-refractivity contribution in [1.82, 2.24) is 9.88 Å². The summed E-state index contributed by atoms with van der Waals surface area (Å²) in [6.07, 6.45) is -1.01. The first-order valence-electron chi connectivity index (χ1n) is 5.84. The Morgan fingerprint density at radius 2 is 2.30 bits per heavy atom. The van der Waals surface area contributed by atoms with Crippen molar-refractivity contribution in [3.05, 3.63) is 22.8 Å². The molecular formula is C12H11BrN4O3. The average Bonchev–Trinajstić information content (AvgIpc) is 2.83. The van der Waals surface area contributed by atoms with Gasteiger partial charge in [0.05, 0.1) is 12.0 Å². The van der Waals surface area contributed by atoms with E-state index in [1.807, 2.05) is 6.07 Å². The van der Waals surface area contributed by atoms with E-state index >= 15 is 0 Å². The van der Waals surface area contributed by atoms with Gasteiger partial charge in [0.1, 0.15) is 16.5 Å². The number of nitriles is 1. The van der Waals surface area contributed by atoms with Crippen molar-refractivity contribution in [1.29, 1.82) is 5.26 Å². The van der Waals surface area contributed by atoms with Crippen LogP contribution < -0.4 is 5.32 Å². The number of amides is 2. The molecule has 2 rings (SSSR count). The molecule has 1 saturated heterocycles. The lowest BCUT2D eigenvalue weighted by molar-refractivity contribution is -0.119. The normalized spacial score (nSPS) is 21.3. The van der Waals surface area contributed by atoms with E-state index < -0.39 is 24.0 Å². The highest BCUT2D eigenvalue weighted by atomic mass is 79.9. The first-order valence-corrected chi connectivity index (χ1v) is 6.63. The summed E-state index contributed by atoms with van der Waals surface area (Å²) >= 11 is 3.18. The molecule has 1 fully saturated rings. The van der Waals surface area contributed by atoms with Gasteiger partial charge >= 0.3 is 6.09 Å². The second-order valence-electron chi connectivity index (χ2n) is 4.35. The Morgan fingerprint density at radius 1 is 1.55 bits per heavy atom. The van der Waals surface area contributed by atoms with Gasteiger partial charge in [-0.1, -0.05) is 6.07 Å². The highest BCUT2D eigenvalue weighted by molar-refractivity contribution is 9.10. The minimum atomic E-state index is -1.20. The van der Waals surface area contributed by atoms with Gasteiger partial charge in [0.2, 0.25) is 5.91 Å². The third-order valence-electron chi connectivity index (χ3n) is 3.00. The van der Waals surface area contributed by atoms with Gasteiger partial charge in [0, 0.05) is 6.54 Å². The summed E-state index contributed by atoms with van der Waals surface area (Å²) in [4.78, 5) is 28.3. The number of carbonyl (C=O) groups excluding carboxylic acids is 1. The molecule has 20 heavy (non-hydrogen) atoms. The minimum Gasteiger partial charge on any atom is -0.465 e. The van der Waals surface area contributed by atoms with Crippen LogP contribution >= 0.6 is 15.9 Å². The fourth-order valence-electron chi connectivity index (χ4n) is 2.08. The van der Waals surface area contributed by atoms with Crippen molar-refractivity contribution in [3.8, 4) is 6.07 Å². The third-order valence-corrected chi connectivity index (χ3v) is 3.44. The monoisotopic (exact) mass is 338 g/mol. The number of hydrogen-bond donors (Lipinski definition) is 2. The molecule has 1 aliphatic rings. The predicted molar refractivity (Wildman–Crippen MR) is 72.8 cm³/mol. The molecule has 0 aromatic carbocycles. The Kier molecular flexibility index (Phi) is 4.20. The van der Waals surface area contributed by atoms with Crippen molar-refractivity contribution in [2.75, 3.05) is 11.9 Å². The van der Waals surface area contributed by atoms with Crippen LogP contribution in [-0.2, 0) is 4.79 Å². The maximum absolute atomic E-state index is 12.1. The topological polar surface area (TPSA) is 106 Å². The van der Waals surface area contributed by atoms with Crippen molar-refractivity contribution < 1.29 is 14.7 Å². The van der Waals surface area contributed by atoms with Crippen LogP contribution in [0.25, 0.3) is 0 Å². The average molecular weight is 339 g/mol. The van der Waals surface area contributed by atoms with Gasteiger partial charge in [-0.3, -0.25) is 9.69 Å². The van der Waals surface area contributed by atoms with Crippen LogP contribution in [0.4, 0.5) is 10.6 Å². The van der Waals surface area contributed by atoms with E-state index in [-0.39, 0.29) is 13.0 Å². The summed E-state index contributed by atoms with van der Waals surface area (Å²) in [7, 11) is 0. The van der Waals surface area contributed by atoms with Crippen molar-refractivity contribution in [3.63, 3.8) is 0 Å². The van der Waals surface area contributed by atoms with Gasteiger partial charge in [0.25, 0.3) is 0 Å². The molecule has 1 aliphatic heterocycles. The quantitative estimate of drug-likeness (QED) is 0.797. The number of nitrogens with zero attached hydrogens (tertiary/aromatic N) is 3. The number of rotatable bonds is 2. The fourth-order valence-corrected chi connectivity index (χ4v) is 2.42. The van der Waals surface area contributed by atoms with Gasteiger partial charge in [-0.15, -0.1) is 0 Å². The zero-order chi connectivity index (χ0) is 14.7.